The van der Waals surface area contributed by atoms with Gasteiger partial charge < -0.3 is 14.6 Å². The molecule has 8 rings (SSSR count). The van der Waals surface area contributed by atoms with Crippen LogP contribution in [0.4, 0.5) is 11.4 Å². The number of carbonyl (C=O) groups is 4. The number of allylic oxidation sites excluding steroid dienone is 2. The fourth-order valence-electron chi connectivity index (χ4n) is 9.11. The average molecular weight is 913 g/mol. The summed E-state index contributed by atoms with van der Waals surface area (Å²) in [4.78, 5) is 60.5. The fraction of sp³-hybridized carbons (Fsp3) is 0.268. The summed E-state index contributed by atoms with van der Waals surface area (Å²) in [6, 6.07) is 20.3. The SMILES string of the molecule is COc1ccc([C@@]23C(=O)N(Nc4ccc(Cl)cc4Cl)C(=O)[C@@H]2C[C@@H]2C(=CC[C@@H]4C(=O)N(c5ccc(C)c(Cl)c5)C(=O)[C@@H]42)[C@@H]3c2cc(I)c(O)c(OC)c2)cc1. The van der Waals surface area contributed by atoms with Crippen LogP contribution in [0.1, 0.15) is 35.4 Å². The highest BCUT2D eigenvalue weighted by Gasteiger charge is 2.70. The van der Waals surface area contributed by atoms with E-state index in [2.05, 4.69) is 5.43 Å². The van der Waals surface area contributed by atoms with Crippen LogP contribution in [-0.2, 0) is 24.6 Å². The van der Waals surface area contributed by atoms with E-state index in [-0.39, 0.29) is 41.0 Å². The van der Waals surface area contributed by atoms with Crippen LogP contribution in [0.3, 0.4) is 0 Å². The van der Waals surface area contributed by atoms with Crippen molar-refractivity contribution in [1.29, 1.82) is 0 Å². The van der Waals surface area contributed by atoms with Crippen molar-refractivity contribution in [3.63, 3.8) is 0 Å². The third-order valence-corrected chi connectivity index (χ3v) is 13.4. The second kappa shape index (κ2) is 14.0. The first-order valence-corrected chi connectivity index (χ1v) is 19.7. The highest BCUT2D eigenvalue weighted by molar-refractivity contribution is 14.1. The predicted octanol–water partition coefficient (Wildman–Crippen LogP) is 8.47. The van der Waals surface area contributed by atoms with Crippen molar-refractivity contribution >= 4 is 92.4 Å². The van der Waals surface area contributed by atoms with E-state index in [0.29, 0.717) is 36.2 Å². The summed E-state index contributed by atoms with van der Waals surface area (Å²) in [6.07, 6.45) is 2.28. The Bertz CT molecular complexity index is 2350. The van der Waals surface area contributed by atoms with Gasteiger partial charge in [0.25, 0.3) is 11.8 Å². The van der Waals surface area contributed by atoms with Crippen molar-refractivity contribution in [3.8, 4) is 17.2 Å². The van der Waals surface area contributed by atoms with E-state index < -0.39 is 52.7 Å². The monoisotopic (exact) mass is 911 g/mol. The summed E-state index contributed by atoms with van der Waals surface area (Å²) in [7, 11) is 2.98. The lowest BCUT2D eigenvalue weighted by Crippen LogP contribution is -2.53. The number of imide groups is 2. The summed E-state index contributed by atoms with van der Waals surface area (Å²) in [5, 5.41) is 13.0. The first-order chi connectivity index (χ1) is 26.3. The minimum Gasteiger partial charge on any atom is -0.504 e. The van der Waals surface area contributed by atoms with Crippen molar-refractivity contribution in [3.05, 3.63) is 120 Å². The Morgan fingerprint density at radius 1 is 0.855 bits per heavy atom. The van der Waals surface area contributed by atoms with Gasteiger partial charge in [-0.05, 0) is 120 Å². The van der Waals surface area contributed by atoms with E-state index >= 15 is 9.59 Å². The molecule has 14 heteroatoms. The molecular formula is C41H33Cl3IN3O7. The molecule has 6 atom stereocenters. The maximum Gasteiger partial charge on any atom is 0.260 e. The van der Waals surface area contributed by atoms with Crippen molar-refractivity contribution in [2.75, 3.05) is 24.5 Å². The third kappa shape index (κ3) is 5.71. The van der Waals surface area contributed by atoms with Gasteiger partial charge in [-0.1, -0.05) is 64.7 Å². The Kier molecular flexibility index (Phi) is 9.59. The summed E-state index contributed by atoms with van der Waals surface area (Å²) >= 11 is 21.2. The number of hydrogen-bond acceptors (Lipinski definition) is 8. The molecule has 4 aliphatic rings. The number of nitrogens with zero attached hydrogens (tertiary/aromatic N) is 2. The lowest BCUT2D eigenvalue weighted by molar-refractivity contribution is -0.138. The number of methoxy groups -OCH3 is 2. The van der Waals surface area contributed by atoms with Gasteiger partial charge in [0, 0.05) is 16.0 Å². The first kappa shape index (κ1) is 37.6. The minimum absolute atomic E-state index is 0.0783. The lowest BCUT2D eigenvalue weighted by Gasteiger charge is -2.50. The molecule has 2 saturated heterocycles. The molecule has 0 radical (unpaired) electrons. The van der Waals surface area contributed by atoms with Crippen LogP contribution in [-0.4, -0.2) is 48.0 Å². The van der Waals surface area contributed by atoms with Crippen LogP contribution < -0.4 is 19.8 Å². The van der Waals surface area contributed by atoms with Crippen LogP contribution in [0, 0.1) is 34.2 Å². The van der Waals surface area contributed by atoms with E-state index in [9.17, 15) is 14.7 Å². The van der Waals surface area contributed by atoms with Gasteiger partial charge in [0.15, 0.2) is 11.5 Å². The molecule has 55 heavy (non-hydrogen) atoms. The molecule has 282 valence electrons. The first-order valence-electron chi connectivity index (χ1n) is 17.5. The quantitative estimate of drug-likeness (QED) is 0.108. The van der Waals surface area contributed by atoms with Crippen LogP contribution in [0.25, 0.3) is 0 Å². The van der Waals surface area contributed by atoms with Gasteiger partial charge in [0.05, 0.1) is 57.4 Å². The zero-order valence-electron chi connectivity index (χ0n) is 29.6. The summed E-state index contributed by atoms with van der Waals surface area (Å²) in [5.74, 6) is -5.18. The van der Waals surface area contributed by atoms with Gasteiger partial charge in [-0.2, -0.15) is 5.01 Å². The Morgan fingerprint density at radius 3 is 2.27 bits per heavy atom. The number of phenols is 1. The van der Waals surface area contributed by atoms with Gasteiger partial charge in [-0.3, -0.25) is 24.6 Å². The second-order valence-electron chi connectivity index (χ2n) is 14.2. The average Bonchev–Trinajstić information content (AvgIpc) is 3.55. The van der Waals surface area contributed by atoms with Gasteiger partial charge in [-0.25, -0.2) is 4.90 Å². The standard InChI is InChI=1S/C41H33Cl3IN3O7/c1-19-4-8-23(17-29(19)43)47-37(50)26-12-11-25-27(34(26)39(47)52)18-28-38(51)48(46-32-13-7-22(42)16-30(32)44)40(53)41(28,21-5-9-24(54-2)10-6-21)35(25)20-14-31(45)36(49)33(15-20)55-3/h4-11,13-17,26-28,34-35,46,49H,12,18H2,1-3H3/t26-,27+,28-,34-,35-,41+/m0/s1. The number of nitrogens with one attached hydrogen (secondary N) is 1. The molecule has 3 fully saturated rings. The van der Waals surface area contributed by atoms with Crippen LogP contribution >= 0.6 is 57.4 Å². The molecule has 4 aromatic carbocycles. The summed E-state index contributed by atoms with van der Waals surface area (Å²) in [5.41, 5.74) is 4.76. The minimum atomic E-state index is -1.58. The zero-order valence-corrected chi connectivity index (χ0v) is 34.0. The van der Waals surface area contributed by atoms with Gasteiger partial charge >= 0.3 is 0 Å². The van der Waals surface area contributed by atoms with Crippen LogP contribution in [0.2, 0.25) is 15.1 Å². The number of hydrogen-bond donors (Lipinski definition) is 2. The molecule has 0 bridgehead atoms. The molecule has 0 aromatic heterocycles. The summed E-state index contributed by atoms with van der Waals surface area (Å²) in [6.45, 7) is 1.84. The zero-order chi connectivity index (χ0) is 39.1. The van der Waals surface area contributed by atoms with Crippen molar-refractivity contribution in [2.45, 2.75) is 31.1 Å². The maximum atomic E-state index is 15.5. The van der Waals surface area contributed by atoms with E-state index in [1.165, 1.54) is 25.2 Å². The highest BCUT2D eigenvalue weighted by atomic mass is 127. The number of anilines is 2. The van der Waals surface area contributed by atoms with Crippen LogP contribution in [0.5, 0.6) is 17.2 Å². The van der Waals surface area contributed by atoms with E-state index in [0.717, 1.165) is 16.1 Å². The smallest absolute Gasteiger partial charge is 0.260 e. The van der Waals surface area contributed by atoms with E-state index in [1.54, 1.807) is 66.7 Å². The molecule has 2 aliphatic carbocycles. The molecule has 10 nitrogen and oxygen atoms in total. The molecule has 2 heterocycles. The molecule has 0 spiro atoms. The number of benzene rings is 4. The maximum absolute atomic E-state index is 15.5. The highest BCUT2D eigenvalue weighted by Crippen LogP contribution is 2.65. The topological polar surface area (TPSA) is 125 Å². The molecule has 2 N–H and O–H groups in total. The van der Waals surface area contributed by atoms with Gasteiger partial charge in [0.1, 0.15) is 5.75 Å². The van der Waals surface area contributed by atoms with E-state index in [1.807, 2.05) is 35.6 Å². The van der Waals surface area contributed by atoms with Gasteiger partial charge in [0.2, 0.25) is 11.8 Å². The summed E-state index contributed by atoms with van der Waals surface area (Å²) < 4.78 is 11.6. The van der Waals surface area contributed by atoms with Crippen molar-refractivity contribution < 1.29 is 33.8 Å². The molecule has 2 aliphatic heterocycles. The second-order valence-corrected chi connectivity index (χ2v) is 16.6. The molecular weight excluding hydrogens is 880 g/mol. The third-order valence-electron chi connectivity index (χ3n) is 11.6. The number of ether oxygens (including phenoxy) is 2. The largest absolute Gasteiger partial charge is 0.504 e. The Balaban J connectivity index is 1.35. The number of hydrazine groups is 1. The molecule has 4 amide bonds. The van der Waals surface area contributed by atoms with E-state index in [4.69, 9.17) is 44.3 Å². The number of amides is 4. The van der Waals surface area contributed by atoms with Crippen LogP contribution in [0.15, 0.2) is 84.4 Å². The fourth-order valence-corrected chi connectivity index (χ4v) is 10.4. The lowest BCUT2D eigenvalue weighted by atomic mass is 9.49. The Labute approximate surface area is 345 Å². The van der Waals surface area contributed by atoms with Gasteiger partial charge in [-0.15, -0.1) is 0 Å². The number of halogens is 4. The van der Waals surface area contributed by atoms with Crippen molar-refractivity contribution in [2.24, 2.45) is 23.7 Å². The number of aromatic hydroxyl groups is 1. The normalized spacial score (nSPS) is 25.7. The molecule has 0 unspecified atom stereocenters. The number of fused-ring (bicyclic) bond motifs is 4. The predicted molar refractivity (Wildman–Crippen MR) is 217 cm³/mol. The number of aryl methyl sites for hydroxylation is 1. The molecule has 1 saturated carbocycles. The number of carbonyl (C=O) groups excluding carboxylic acids is 4. The Hall–Kier alpha value is -4.30. The number of rotatable bonds is 7. The van der Waals surface area contributed by atoms with Crippen molar-refractivity contribution in [1.82, 2.24) is 5.01 Å². The number of phenolic OH excluding ortho intramolecular Hbond substituents is 1. The Morgan fingerprint density at radius 2 is 1.60 bits per heavy atom. The molecule has 4 aromatic rings.